The van der Waals surface area contributed by atoms with E-state index in [0.29, 0.717) is 30.1 Å². The zero-order chi connectivity index (χ0) is 19.8. The van der Waals surface area contributed by atoms with Crippen LogP contribution in [0.15, 0.2) is 48.8 Å². The number of hydrogen-bond donors (Lipinski definition) is 2. The lowest BCUT2D eigenvalue weighted by Crippen LogP contribution is -2.38. The maximum atomic E-state index is 12.5. The van der Waals surface area contributed by atoms with E-state index in [9.17, 15) is 9.59 Å². The summed E-state index contributed by atoms with van der Waals surface area (Å²) >= 11 is 0. The third-order valence-electron chi connectivity index (χ3n) is 5.12. The minimum atomic E-state index is -0.139. The van der Waals surface area contributed by atoms with Crippen LogP contribution in [0.3, 0.4) is 0 Å². The molecule has 0 atom stereocenters. The zero-order valence-electron chi connectivity index (χ0n) is 16.4. The fraction of sp³-hybridized carbons (Fsp3) is 0.409. The third-order valence-corrected chi connectivity index (χ3v) is 5.12. The number of hydrogen-bond acceptors (Lipinski definition) is 4. The Hall–Kier alpha value is -2.89. The van der Waals surface area contributed by atoms with Crippen molar-refractivity contribution < 1.29 is 9.59 Å². The minimum absolute atomic E-state index is 0.123. The predicted octanol–water partition coefficient (Wildman–Crippen LogP) is 2.87. The summed E-state index contributed by atoms with van der Waals surface area (Å²) in [5.41, 5.74) is 2.25. The van der Waals surface area contributed by atoms with Gasteiger partial charge in [0.15, 0.2) is 0 Å². The molecule has 148 valence electrons. The maximum absolute atomic E-state index is 12.5. The monoisotopic (exact) mass is 380 g/mol. The fourth-order valence-corrected chi connectivity index (χ4v) is 3.43. The van der Waals surface area contributed by atoms with Crippen LogP contribution in [0.25, 0.3) is 0 Å². The van der Waals surface area contributed by atoms with Gasteiger partial charge in [0.1, 0.15) is 0 Å². The van der Waals surface area contributed by atoms with Gasteiger partial charge in [0.05, 0.1) is 0 Å². The molecule has 2 heterocycles. The Morgan fingerprint density at radius 2 is 1.68 bits per heavy atom. The van der Waals surface area contributed by atoms with Crippen molar-refractivity contribution in [1.82, 2.24) is 15.6 Å². The zero-order valence-corrected chi connectivity index (χ0v) is 16.4. The predicted molar refractivity (Wildman–Crippen MR) is 111 cm³/mol. The Balaban J connectivity index is 1.48. The Bertz CT molecular complexity index is 786. The summed E-state index contributed by atoms with van der Waals surface area (Å²) in [7, 11) is 0. The van der Waals surface area contributed by atoms with E-state index in [-0.39, 0.29) is 11.8 Å². The van der Waals surface area contributed by atoms with E-state index in [2.05, 4.69) is 20.5 Å². The van der Waals surface area contributed by atoms with Crippen molar-refractivity contribution in [1.29, 1.82) is 0 Å². The summed E-state index contributed by atoms with van der Waals surface area (Å²) in [5, 5.41) is 5.87. The molecule has 0 spiro atoms. The quantitative estimate of drug-likeness (QED) is 0.775. The molecule has 0 aliphatic carbocycles. The highest BCUT2D eigenvalue weighted by Crippen LogP contribution is 2.22. The van der Waals surface area contributed by atoms with Crippen molar-refractivity contribution in [3.63, 3.8) is 0 Å². The molecule has 2 N–H and O–H groups in total. The number of aromatic nitrogens is 1. The Labute approximate surface area is 166 Å². The van der Waals surface area contributed by atoms with Gasteiger partial charge in [-0.2, -0.15) is 0 Å². The number of amides is 2. The second kappa shape index (κ2) is 9.88. The summed E-state index contributed by atoms with van der Waals surface area (Å²) in [6.07, 6.45) is 6.60. The van der Waals surface area contributed by atoms with Gasteiger partial charge in [-0.25, -0.2) is 0 Å². The average Bonchev–Trinajstić information content (AvgIpc) is 2.77. The molecule has 6 nitrogen and oxygen atoms in total. The number of carbonyl (C=O) groups is 2. The first-order valence-electron chi connectivity index (χ1n) is 9.99. The summed E-state index contributed by atoms with van der Waals surface area (Å²) < 4.78 is 0. The van der Waals surface area contributed by atoms with Crippen molar-refractivity contribution in [3.8, 4) is 0 Å². The second-order valence-corrected chi connectivity index (χ2v) is 7.18. The van der Waals surface area contributed by atoms with Crippen LogP contribution in [0.1, 0.15) is 46.9 Å². The van der Waals surface area contributed by atoms with Gasteiger partial charge in [-0.1, -0.05) is 13.0 Å². The van der Waals surface area contributed by atoms with Crippen molar-refractivity contribution in [2.75, 3.05) is 31.1 Å². The molecule has 1 aromatic carbocycles. The number of piperidine rings is 1. The van der Waals surface area contributed by atoms with Crippen LogP contribution in [0.2, 0.25) is 0 Å². The molecule has 1 aliphatic rings. The molecule has 2 aromatic rings. The molecule has 2 amide bonds. The normalized spacial score (nSPS) is 14.5. The lowest BCUT2D eigenvalue weighted by atomic mass is 9.96. The fourth-order valence-electron chi connectivity index (χ4n) is 3.43. The molecule has 0 unspecified atom stereocenters. The molecular weight excluding hydrogens is 352 g/mol. The van der Waals surface area contributed by atoms with Crippen LogP contribution in [-0.4, -0.2) is 43.0 Å². The van der Waals surface area contributed by atoms with Crippen LogP contribution < -0.4 is 15.5 Å². The van der Waals surface area contributed by atoms with E-state index in [1.54, 1.807) is 24.3 Å². The number of pyridine rings is 1. The van der Waals surface area contributed by atoms with Gasteiger partial charge < -0.3 is 15.5 Å². The van der Waals surface area contributed by atoms with Crippen LogP contribution in [0.5, 0.6) is 0 Å². The van der Waals surface area contributed by atoms with E-state index in [1.807, 2.05) is 31.5 Å². The van der Waals surface area contributed by atoms with Gasteiger partial charge in [-0.05, 0) is 55.5 Å². The highest BCUT2D eigenvalue weighted by atomic mass is 16.2. The molecular formula is C22H28N4O2. The van der Waals surface area contributed by atoms with Crippen LogP contribution in [-0.2, 0) is 0 Å². The lowest BCUT2D eigenvalue weighted by Gasteiger charge is -2.33. The van der Waals surface area contributed by atoms with Crippen LogP contribution in [0, 0.1) is 5.92 Å². The summed E-state index contributed by atoms with van der Waals surface area (Å²) in [6.45, 7) is 5.27. The van der Waals surface area contributed by atoms with Gasteiger partial charge >= 0.3 is 0 Å². The molecule has 0 radical (unpaired) electrons. The summed E-state index contributed by atoms with van der Waals surface area (Å²) in [6, 6.07) is 11.0. The third kappa shape index (κ3) is 5.31. The first-order valence-corrected chi connectivity index (χ1v) is 9.99. The molecule has 0 bridgehead atoms. The van der Waals surface area contributed by atoms with E-state index in [0.717, 1.165) is 32.4 Å². The highest BCUT2D eigenvalue weighted by molar-refractivity contribution is 5.99. The topological polar surface area (TPSA) is 74.3 Å². The molecule has 1 fully saturated rings. The molecule has 1 aromatic heterocycles. The summed E-state index contributed by atoms with van der Waals surface area (Å²) in [5.74, 6) is 0.208. The van der Waals surface area contributed by atoms with Gasteiger partial charge in [0, 0.05) is 55.4 Å². The molecule has 1 aliphatic heterocycles. The Kier molecular flexibility index (Phi) is 7.00. The van der Waals surface area contributed by atoms with E-state index in [1.165, 1.54) is 5.69 Å². The van der Waals surface area contributed by atoms with Crippen LogP contribution >= 0.6 is 0 Å². The van der Waals surface area contributed by atoms with Crippen molar-refractivity contribution >= 4 is 17.5 Å². The smallest absolute Gasteiger partial charge is 0.251 e. The standard InChI is InChI=1S/C22H28N4O2/c1-2-10-24-21(27)18-4-3-5-19(15-18)22(28)25-16-17-8-13-26(14-9-17)20-6-11-23-12-7-20/h3-7,11-12,15,17H,2,8-10,13-14,16H2,1H3,(H,24,27)(H,25,28). The summed E-state index contributed by atoms with van der Waals surface area (Å²) in [4.78, 5) is 31.0. The second-order valence-electron chi connectivity index (χ2n) is 7.18. The first kappa shape index (κ1) is 19.9. The number of nitrogens with zero attached hydrogens (tertiary/aromatic N) is 2. The van der Waals surface area contributed by atoms with Crippen molar-refractivity contribution in [2.24, 2.45) is 5.92 Å². The number of nitrogens with one attached hydrogen (secondary N) is 2. The molecule has 6 heteroatoms. The van der Waals surface area contributed by atoms with Gasteiger partial charge in [0.2, 0.25) is 0 Å². The van der Waals surface area contributed by atoms with Gasteiger partial charge in [0.25, 0.3) is 11.8 Å². The lowest BCUT2D eigenvalue weighted by molar-refractivity contribution is 0.0945. The van der Waals surface area contributed by atoms with Crippen molar-refractivity contribution in [2.45, 2.75) is 26.2 Å². The van der Waals surface area contributed by atoms with Gasteiger partial charge in [-0.3, -0.25) is 14.6 Å². The maximum Gasteiger partial charge on any atom is 0.251 e. The number of anilines is 1. The number of carbonyl (C=O) groups excluding carboxylic acids is 2. The Morgan fingerprint density at radius 1 is 1.04 bits per heavy atom. The van der Waals surface area contributed by atoms with E-state index in [4.69, 9.17) is 0 Å². The average molecular weight is 380 g/mol. The largest absolute Gasteiger partial charge is 0.371 e. The molecule has 0 saturated carbocycles. The molecule has 3 rings (SSSR count). The van der Waals surface area contributed by atoms with Crippen molar-refractivity contribution in [3.05, 3.63) is 59.9 Å². The molecule has 28 heavy (non-hydrogen) atoms. The number of rotatable bonds is 7. The van der Waals surface area contributed by atoms with E-state index >= 15 is 0 Å². The van der Waals surface area contributed by atoms with Gasteiger partial charge in [-0.15, -0.1) is 0 Å². The Morgan fingerprint density at radius 3 is 2.32 bits per heavy atom. The molecule has 1 saturated heterocycles. The SMILES string of the molecule is CCCNC(=O)c1cccc(C(=O)NCC2CCN(c3ccncc3)CC2)c1. The number of benzene rings is 1. The van der Waals surface area contributed by atoms with E-state index < -0.39 is 0 Å². The highest BCUT2D eigenvalue weighted by Gasteiger charge is 2.20. The van der Waals surface area contributed by atoms with Crippen LogP contribution in [0.4, 0.5) is 5.69 Å². The minimum Gasteiger partial charge on any atom is -0.371 e. The first-order chi connectivity index (χ1) is 13.7.